The van der Waals surface area contributed by atoms with E-state index in [0.29, 0.717) is 17.1 Å². The number of phenolic OH excluding ortho intramolecular Hbond substituents is 1. The average Bonchev–Trinajstić information content (AvgIpc) is 2.60. The summed E-state index contributed by atoms with van der Waals surface area (Å²) in [4.78, 5) is 12.2. The van der Waals surface area contributed by atoms with Crippen LogP contribution in [-0.4, -0.2) is 24.3 Å². The fourth-order valence-electron chi connectivity index (χ4n) is 2.85. The van der Waals surface area contributed by atoms with Crippen LogP contribution < -0.4 is 10.2 Å². The van der Waals surface area contributed by atoms with E-state index in [4.69, 9.17) is 4.74 Å². The molecule has 0 radical (unpaired) electrons. The molecule has 5 nitrogen and oxygen atoms in total. The van der Waals surface area contributed by atoms with E-state index in [1.807, 2.05) is 12.1 Å². The van der Waals surface area contributed by atoms with Crippen LogP contribution in [0.3, 0.4) is 0 Å². The lowest BCUT2D eigenvalue weighted by Crippen LogP contribution is -2.19. The molecule has 0 unspecified atom stereocenters. The Morgan fingerprint density at radius 2 is 1.50 bits per heavy atom. The number of nitrogens with one attached hydrogen (secondary N) is 1. The zero-order valence-corrected chi connectivity index (χ0v) is 17.8. The highest BCUT2D eigenvalue weighted by molar-refractivity contribution is 5.95. The van der Waals surface area contributed by atoms with Crippen molar-refractivity contribution in [1.82, 2.24) is 5.43 Å². The van der Waals surface area contributed by atoms with Gasteiger partial charge in [-0.25, -0.2) is 5.43 Å². The van der Waals surface area contributed by atoms with Crippen LogP contribution in [0.15, 0.2) is 41.5 Å². The summed E-state index contributed by atoms with van der Waals surface area (Å²) in [5.41, 5.74) is 5.12. The van der Waals surface area contributed by atoms with Gasteiger partial charge < -0.3 is 9.84 Å². The summed E-state index contributed by atoms with van der Waals surface area (Å²) >= 11 is 0. The van der Waals surface area contributed by atoms with Gasteiger partial charge in [-0.15, -0.1) is 0 Å². The fraction of sp³-hybridized carbons (Fsp3) is 0.391. The van der Waals surface area contributed by atoms with Crippen LogP contribution in [0, 0.1) is 0 Å². The molecule has 0 aliphatic rings. The average molecular weight is 383 g/mol. The molecule has 0 saturated carbocycles. The molecular formula is C23H30N2O3. The predicted octanol–water partition coefficient (Wildman–Crippen LogP) is 4.76. The Bertz CT molecular complexity index is 835. The molecular weight excluding hydrogens is 352 g/mol. The molecule has 2 aromatic rings. The van der Waals surface area contributed by atoms with E-state index >= 15 is 0 Å². The number of benzene rings is 2. The number of phenols is 1. The Hall–Kier alpha value is -2.82. The zero-order chi connectivity index (χ0) is 21.1. The van der Waals surface area contributed by atoms with Gasteiger partial charge in [0.1, 0.15) is 11.5 Å². The van der Waals surface area contributed by atoms with Crippen molar-refractivity contribution in [3.63, 3.8) is 0 Å². The van der Waals surface area contributed by atoms with Gasteiger partial charge in [-0.2, -0.15) is 5.10 Å². The summed E-state index contributed by atoms with van der Waals surface area (Å²) in [5, 5.41) is 14.9. The first-order valence-corrected chi connectivity index (χ1v) is 9.29. The predicted molar refractivity (Wildman–Crippen MR) is 114 cm³/mol. The molecule has 0 atom stereocenters. The van der Waals surface area contributed by atoms with Crippen molar-refractivity contribution < 1.29 is 14.6 Å². The Balaban J connectivity index is 2.28. The van der Waals surface area contributed by atoms with Crippen molar-refractivity contribution in [2.75, 3.05) is 7.11 Å². The van der Waals surface area contributed by atoms with Crippen molar-refractivity contribution >= 4 is 12.1 Å². The SMILES string of the molecule is COc1ccc(C(=O)N/N=C/c2cc(C(C)(C)C)c(O)c(C(C)(C)C)c2)cc1. The third-order valence-electron chi connectivity index (χ3n) is 4.48. The van der Waals surface area contributed by atoms with E-state index in [0.717, 1.165) is 16.7 Å². The van der Waals surface area contributed by atoms with Gasteiger partial charge >= 0.3 is 0 Å². The maximum Gasteiger partial charge on any atom is 0.271 e. The molecule has 28 heavy (non-hydrogen) atoms. The third kappa shape index (κ3) is 5.12. The number of carbonyl (C=O) groups excluding carboxylic acids is 1. The zero-order valence-electron chi connectivity index (χ0n) is 17.8. The second-order valence-corrected chi connectivity index (χ2v) is 8.89. The van der Waals surface area contributed by atoms with Crippen molar-refractivity contribution in [3.05, 3.63) is 58.7 Å². The fourth-order valence-corrected chi connectivity index (χ4v) is 2.85. The van der Waals surface area contributed by atoms with Crippen LogP contribution in [0.25, 0.3) is 0 Å². The minimum atomic E-state index is -0.301. The lowest BCUT2D eigenvalue weighted by molar-refractivity contribution is 0.0955. The molecule has 2 N–H and O–H groups in total. The number of rotatable bonds is 4. The van der Waals surface area contributed by atoms with Crippen molar-refractivity contribution in [2.45, 2.75) is 52.4 Å². The molecule has 2 rings (SSSR count). The standard InChI is InChI=1S/C23H30N2O3/c1-22(2,3)18-12-15(13-19(20(18)26)23(4,5)6)14-24-25-21(27)16-8-10-17(28-7)11-9-16/h8-14,26H,1-7H3,(H,25,27)/b24-14+. The van der Waals surface area contributed by atoms with Crippen molar-refractivity contribution in [2.24, 2.45) is 5.10 Å². The molecule has 0 bridgehead atoms. The van der Waals surface area contributed by atoms with Gasteiger partial charge in [-0.3, -0.25) is 4.79 Å². The number of methoxy groups -OCH3 is 1. The first-order valence-electron chi connectivity index (χ1n) is 9.29. The van der Waals surface area contributed by atoms with Crippen LogP contribution in [0.5, 0.6) is 11.5 Å². The summed E-state index contributed by atoms with van der Waals surface area (Å²) in [6, 6.07) is 10.6. The smallest absolute Gasteiger partial charge is 0.271 e. The maximum atomic E-state index is 12.2. The van der Waals surface area contributed by atoms with E-state index in [-0.39, 0.29) is 16.7 Å². The Labute approximate surface area is 167 Å². The molecule has 150 valence electrons. The second-order valence-electron chi connectivity index (χ2n) is 8.89. The van der Waals surface area contributed by atoms with E-state index in [1.54, 1.807) is 37.6 Å². The molecule has 0 spiro atoms. The largest absolute Gasteiger partial charge is 0.507 e. The number of hydrazone groups is 1. The van der Waals surface area contributed by atoms with Gasteiger partial charge in [0, 0.05) is 16.7 Å². The first-order chi connectivity index (χ1) is 12.9. The number of carbonyl (C=O) groups is 1. The molecule has 0 aromatic heterocycles. The topological polar surface area (TPSA) is 70.9 Å². The van der Waals surface area contributed by atoms with Crippen LogP contribution in [-0.2, 0) is 10.8 Å². The quantitative estimate of drug-likeness (QED) is 0.592. The van der Waals surface area contributed by atoms with E-state index < -0.39 is 0 Å². The molecule has 2 aromatic carbocycles. The van der Waals surface area contributed by atoms with E-state index in [2.05, 4.69) is 52.1 Å². The lowest BCUT2D eigenvalue weighted by Gasteiger charge is -2.27. The van der Waals surface area contributed by atoms with Crippen LogP contribution >= 0.6 is 0 Å². The number of hydrogen-bond donors (Lipinski definition) is 2. The number of amides is 1. The van der Waals surface area contributed by atoms with E-state index in [1.165, 1.54) is 0 Å². The minimum absolute atomic E-state index is 0.222. The second kappa shape index (κ2) is 8.05. The molecule has 0 fully saturated rings. The highest BCUT2D eigenvalue weighted by Crippen LogP contribution is 2.39. The Morgan fingerprint density at radius 1 is 1.00 bits per heavy atom. The highest BCUT2D eigenvalue weighted by Gasteiger charge is 2.26. The van der Waals surface area contributed by atoms with Crippen molar-refractivity contribution in [1.29, 1.82) is 0 Å². The Kier molecular flexibility index (Phi) is 6.17. The summed E-state index contributed by atoms with van der Waals surface area (Å²) in [6.45, 7) is 12.3. The van der Waals surface area contributed by atoms with Crippen LogP contribution in [0.1, 0.15) is 68.6 Å². The summed E-state index contributed by atoms with van der Waals surface area (Å²) in [5.74, 6) is 0.706. The van der Waals surface area contributed by atoms with E-state index in [9.17, 15) is 9.90 Å². The first kappa shape index (κ1) is 21.5. The molecule has 5 heteroatoms. The number of aromatic hydroxyl groups is 1. The lowest BCUT2D eigenvalue weighted by atomic mass is 9.78. The normalized spacial score (nSPS) is 12.2. The highest BCUT2D eigenvalue weighted by atomic mass is 16.5. The van der Waals surface area contributed by atoms with Gasteiger partial charge in [0.25, 0.3) is 5.91 Å². The van der Waals surface area contributed by atoms with Gasteiger partial charge in [0.15, 0.2) is 0 Å². The maximum absolute atomic E-state index is 12.2. The molecule has 0 saturated heterocycles. The Morgan fingerprint density at radius 3 is 1.93 bits per heavy atom. The van der Waals surface area contributed by atoms with Crippen LogP contribution in [0.2, 0.25) is 0 Å². The number of hydrogen-bond acceptors (Lipinski definition) is 4. The van der Waals surface area contributed by atoms with Crippen LogP contribution in [0.4, 0.5) is 0 Å². The van der Waals surface area contributed by atoms with Gasteiger partial charge in [-0.05, 0) is 52.8 Å². The summed E-state index contributed by atoms with van der Waals surface area (Å²) in [7, 11) is 1.58. The van der Waals surface area contributed by atoms with Gasteiger partial charge in [0.2, 0.25) is 0 Å². The third-order valence-corrected chi connectivity index (χ3v) is 4.48. The molecule has 0 aliphatic heterocycles. The number of nitrogens with zero attached hydrogens (tertiary/aromatic N) is 1. The minimum Gasteiger partial charge on any atom is -0.507 e. The molecule has 1 amide bonds. The molecule has 0 heterocycles. The summed E-state index contributed by atoms with van der Waals surface area (Å²) in [6.07, 6.45) is 1.60. The molecule has 0 aliphatic carbocycles. The van der Waals surface area contributed by atoms with Gasteiger partial charge in [0.05, 0.1) is 13.3 Å². The van der Waals surface area contributed by atoms with Crippen molar-refractivity contribution in [3.8, 4) is 11.5 Å². The van der Waals surface area contributed by atoms with Gasteiger partial charge in [-0.1, -0.05) is 41.5 Å². The number of ether oxygens (including phenoxy) is 1. The monoisotopic (exact) mass is 382 g/mol. The summed E-state index contributed by atoms with van der Waals surface area (Å²) < 4.78 is 5.09.